The molecule has 0 saturated heterocycles. The highest BCUT2D eigenvalue weighted by atomic mass is 35.5. The summed E-state index contributed by atoms with van der Waals surface area (Å²) in [6.07, 6.45) is -1.15. The molecule has 1 rings (SSSR count). The van der Waals surface area contributed by atoms with Crippen LogP contribution in [0.2, 0.25) is 10.0 Å². The van der Waals surface area contributed by atoms with E-state index in [1.165, 1.54) is 0 Å². The second-order valence-corrected chi connectivity index (χ2v) is 6.54. The maximum absolute atomic E-state index is 11.9. The smallest absolute Gasteiger partial charge is 0.227 e. The molecule has 0 bridgehead atoms. The Morgan fingerprint density at radius 3 is 2.27 bits per heavy atom. The zero-order chi connectivity index (χ0) is 16.9. The number of halogens is 2. The van der Waals surface area contributed by atoms with Crippen LogP contribution in [0, 0.1) is 5.41 Å². The normalized spacial score (nSPS) is 12.6. The first-order valence-electron chi connectivity index (χ1n) is 6.78. The minimum atomic E-state index is -1.01. The van der Waals surface area contributed by atoms with Gasteiger partial charge in [0.25, 0.3) is 0 Å². The highest BCUT2D eigenvalue weighted by molar-refractivity contribution is 6.34. The van der Waals surface area contributed by atoms with Crippen LogP contribution < -0.4 is 10.6 Å². The van der Waals surface area contributed by atoms with Crippen molar-refractivity contribution >= 4 is 35.0 Å². The number of aliphatic hydroxyl groups excluding tert-OH is 1. The standard InChI is InChI=1S/C15H20Cl2N2O3/c1-15(2,14(22)18-3)8-19-13(21)7-12(20)9-4-10(16)6-11(17)5-9/h4-6,12,20H,7-8H2,1-3H3,(H,18,22)(H,19,21)/t12-/m1/s1. The van der Waals surface area contributed by atoms with E-state index in [0.717, 1.165) is 0 Å². The first-order chi connectivity index (χ1) is 10.2. The number of hydrogen-bond acceptors (Lipinski definition) is 3. The van der Waals surface area contributed by atoms with Gasteiger partial charge in [-0.15, -0.1) is 0 Å². The van der Waals surface area contributed by atoms with Crippen LogP contribution >= 0.6 is 23.2 Å². The highest BCUT2D eigenvalue weighted by Gasteiger charge is 2.27. The average molecular weight is 347 g/mol. The van der Waals surface area contributed by atoms with E-state index in [-0.39, 0.29) is 24.8 Å². The predicted molar refractivity (Wildman–Crippen MR) is 86.9 cm³/mol. The molecule has 7 heteroatoms. The Morgan fingerprint density at radius 1 is 1.23 bits per heavy atom. The molecule has 2 amide bonds. The second kappa shape index (κ2) is 7.81. The Morgan fingerprint density at radius 2 is 1.77 bits per heavy atom. The molecular formula is C15H20Cl2N2O3. The van der Waals surface area contributed by atoms with Gasteiger partial charge in [0.05, 0.1) is 17.9 Å². The minimum absolute atomic E-state index is 0.138. The van der Waals surface area contributed by atoms with Crippen molar-refractivity contribution in [3.8, 4) is 0 Å². The van der Waals surface area contributed by atoms with Gasteiger partial charge >= 0.3 is 0 Å². The third kappa shape index (κ3) is 5.48. The van der Waals surface area contributed by atoms with Crippen molar-refractivity contribution in [3.05, 3.63) is 33.8 Å². The minimum Gasteiger partial charge on any atom is -0.388 e. The lowest BCUT2D eigenvalue weighted by molar-refractivity contribution is -0.129. The van der Waals surface area contributed by atoms with Gasteiger partial charge in [-0.25, -0.2) is 0 Å². The van der Waals surface area contributed by atoms with E-state index in [4.69, 9.17) is 23.2 Å². The van der Waals surface area contributed by atoms with Crippen molar-refractivity contribution in [2.45, 2.75) is 26.4 Å². The Hall–Kier alpha value is -1.30. The van der Waals surface area contributed by atoms with Crippen molar-refractivity contribution in [3.63, 3.8) is 0 Å². The molecule has 0 heterocycles. The molecule has 0 fully saturated rings. The van der Waals surface area contributed by atoms with Crippen molar-refractivity contribution in [2.24, 2.45) is 5.41 Å². The number of carbonyl (C=O) groups excluding carboxylic acids is 2. The van der Waals surface area contributed by atoms with Crippen LogP contribution in [0.4, 0.5) is 0 Å². The molecular weight excluding hydrogens is 327 g/mol. The van der Waals surface area contributed by atoms with Gasteiger partial charge in [0.2, 0.25) is 11.8 Å². The summed E-state index contributed by atoms with van der Waals surface area (Å²) in [5.41, 5.74) is -0.257. The van der Waals surface area contributed by atoms with Crippen LogP contribution in [0.25, 0.3) is 0 Å². The number of carbonyl (C=O) groups is 2. The van der Waals surface area contributed by atoms with Crippen LogP contribution in [-0.2, 0) is 9.59 Å². The summed E-state index contributed by atoms with van der Waals surface area (Å²) in [6, 6.07) is 4.66. The fourth-order valence-electron chi connectivity index (χ4n) is 1.87. The van der Waals surface area contributed by atoms with Crippen LogP contribution in [-0.4, -0.2) is 30.5 Å². The summed E-state index contributed by atoms with van der Waals surface area (Å²) in [7, 11) is 1.54. The maximum atomic E-state index is 11.9. The van der Waals surface area contributed by atoms with Gasteiger partial charge in [-0.2, -0.15) is 0 Å². The lowest BCUT2D eigenvalue weighted by atomic mass is 9.92. The zero-order valence-corrected chi connectivity index (χ0v) is 14.3. The Kier molecular flexibility index (Phi) is 6.66. The highest BCUT2D eigenvalue weighted by Crippen LogP contribution is 2.25. The van der Waals surface area contributed by atoms with E-state index in [2.05, 4.69) is 10.6 Å². The molecule has 0 aromatic heterocycles. The topological polar surface area (TPSA) is 78.4 Å². The van der Waals surface area contributed by atoms with Crippen LogP contribution in [0.15, 0.2) is 18.2 Å². The summed E-state index contributed by atoms with van der Waals surface area (Å²) in [4.78, 5) is 23.5. The zero-order valence-electron chi connectivity index (χ0n) is 12.7. The predicted octanol–water partition coefficient (Wildman–Crippen LogP) is 2.31. The van der Waals surface area contributed by atoms with Crippen molar-refractivity contribution in [1.82, 2.24) is 10.6 Å². The largest absolute Gasteiger partial charge is 0.388 e. The number of rotatable bonds is 6. The molecule has 0 spiro atoms. The molecule has 0 saturated carbocycles. The molecule has 3 N–H and O–H groups in total. The van der Waals surface area contributed by atoms with Gasteiger partial charge in [-0.1, -0.05) is 23.2 Å². The lowest BCUT2D eigenvalue weighted by Gasteiger charge is -2.23. The molecule has 1 aromatic carbocycles. The summed E-state index contributed by atoms with van der Waals surface area (Å²) >= 11 is 11.7. The lowest BCUT2D eigenvalue weighted by Crippen LogP contribution is -2.43. The van der Waals surface area contributed by atoms with E-state index in [9.17, 15) is 14.7 Å². The fourth-order valence-corrected chi connectivity index (χ4v) is 2.41. The van der Waals surface area contributed by atoms with E-state index in [1.54, 1.807) is 39.1 Å². The summed E-state index contributed by atoms with van der Waals surface area (Å²) in [6.45, 7) is 3.62. The SMILES string of the molecule is CNC(=O)C(C)(C)CNC(=O)C[C@@H](O)c1cc(Cl)cc(Cl)c1. The molecule has 0 unspecified atom stereocenters. The molecule has 22 heavy (non-hydrogen) atoms. The fraction of sp³-hybridized carbons (Fsp3) is 0.467. The van der Waals surface area contributed by atoms with Crippen molar-refractivity contribution in [1.29, 1.82) is 0 Å². The summed E-state index contributed by atoms with van der Waals surface area (Å²) in [5.74, 6) is -0.532. The van der Waals surface area contributed by atoms with Crippen LogP contribution in [0.1, 0.15) is 31.9 Å². The molecule has 1 atom stereocenters. The van der Waals surface area contributed by atoms with Gasteiger partial charge in [0.1, 0.15) is 0 Å². The monoisotopic (exact) mass is 346 g/mol. The Labute approximate surface area is 140 Å². The Bertz CT molecular complexity index is 541. The van der Waals surface area contributed by atoms with Gasteiger partial charge in [0.15, 0.2) is 0 Å². The van der Waals surface area contributed by atoms with Crippen LogP contribution in [0.3, 0.4) is 0 Å². The molecule has 0 aliphatic heterocycles. The number of amides is 2. The maximum Gasteiger partial charge on any atom is 0.227 e. The summed E-state index contributed by atoms with van der Waals surface area (Å²) in [5, 5.41) is 16.0. The van der Waals surface area contributed by atoms with E-state index < -0.39 is 11.5 Å². The quantitative estimate of drug-likeness (QED) is 0.739. The molecule has 0 aliphatic rings. The van der Waals surface area contributed by atoms with Gasteiger partial charge in [-0.05, 0) is 37.6 Å². The third-order valence-electron chi connectivity index (χ3n) is 3.22. The number of benzene rings is 1. The van der Waals surface area contributed by atoms with E-state index in [0.29, 0.717) is 15.6 Å². The van der Waals surface area contributed by atoms with Crippen LogP contribution in [0.5, 0.6) is 0 Å². The number of nitrogens with one attached hydrogen (secondary N) is 2. The summed E-state index contributed by atoms with van der Waals surface area (Å²) < 4.78 is 0. The first kappa shape index (κ1) is 18.7. The van der Waals surface area contributed by atoms with E-state index >= 15 is 0 Å². The van der Waals surface area contributed by atoms with E-state index in [1.807, 2.05) is 0 Å². The molecule has 1 aromatic rings. The van der Waals surface area contributed by atoms with Crippen molar-refractivity contribution < 1.29 is 14.7 Å². The molecule has 5 nitrogen and oxygen atoms in total. The molecule has 0 radical (unpaired) electrons. The average Bonchev–Trinajstić information content (AvgIpc) is 2.43. The van der Waals surface area contributed by atoms with Gasteiger partial charge in [-0.3, -0.25) is 9.59 Å². The first-order valence-corrected chi connectivity index (χ1v) is 7.54. The molecule has 122 valence electrons. The molecule has 0 aliphatic carbocycles. The van der Waals surface area contributed by atoms with Gasteiger partial charge < -0.3 is 15.7 Å². The van der Waals surface area contributed by atoms with Gasteiger partial charge in [0, 0.05) is 23.6 Å². The third-order valence-corrected chi connectivity index (χ3v) is 3.65. The Balaban J connectivity index is 2.59. The van der Waals surface area contributed by atoms with Crippen molar-refractivity contribution in [2.75, 3.05) is 13.6 Å². The number of aliphatic hydroxyl groups is 1. The second-order valence-electron chi connectivity index (χ2n) is 5.66. The number of hydrogen-bond donors (Lipinski definition) is 3.